The molecule has 82 valence electrons. The fourth-order valence-electron chi connectivity index (χ4n) is 2.74. The van der Waals surface area contributed by atoms with E-state index in [2.05, 4.69) is 30.3 Å². The van der Waals surface area contributed by atoms with Crippen molar-refractivity contribution in [2.75, 3.05) is 6.54 Å². The van der Waals surface area contributed by atoms with E-state index in [0.717, 1.165) is 12.5 Å². The van der Waals surface area contributed by atoms with Gasteiger partial charge in [-0.15, -0.1) is 0 Å². The van der Waals surface area contributed by atoms with E-state index in [9.17, 15) is 0 Å². The molecule has 1 nitrogen and oxygen atoms in total. The lowest BCUT2D eigenvalue weighted by molar-refractivity contribution is 0.448. The third-order valence-corrected chi connectivity index (χ3v) is 3.65. The van der Waals surface area contributed by atoms with Gasteiger partial charge in [0, 0.05) is 0 Å². The van der Waals surface area contributed by atoms with Crippen molar-refractivity contribution in [1.29, 1.82) is 0 Å². The van der Waals surface area contributed by atoms with Crippen molar-refractivity contribution in [1.82, 2.24) is 0 Å². The Bertz CT molecular complexity index is 275. The van der Waals surface area contributed by atoms with Gasteiger partial charge in [-0.1, -0.05) is 56.0 Å². The van der Waals surface area contributed by atoms with Crippen LogP contribution in [0.1, 0.15) is 43.6 Å². The van der Waals surface area contributed by atoms with Gasteiger partial charge in [0.05, 0.1) is 0 Å². The zero-order valence-corrected chi connectivity index (χ0v) is 9.36. The van der Waals surface area contributed by atoms with Gasteiger partial charge in [-0.05, 0) is 30.4 Å². The number of benzene rings is 1. The summed E-state index contributed by atoms with van der Waals surface area (Å²) in [4.78, 5) is 0. The molecule has 1 heteroatoms. The Hall–Kier alpha value is -0.820. The van der Waals surface area contributed by atoms with Gasteiger partial charge in [0.1, 0.15) is 0 Å². The van der Waals surface area contributed by atoms with Crippen LogP contribution in [0.2, 0.25) is 0 Å². The van der Waals surface area contributed by atoms with Gasteiger partial charge in [-0.25, -0.2) is 0 Å². The molecule has 0 saturated heterocycles. The maximum absolute atomic E-state index is 5.88. The summed E-state index contributed by atoms with van der Waals surface area (Å²) >= 11 is 0. The minimum absolute atomic E-state index is 0.578. The molecule has 1 unspecified atom stereocenters. The van der Waals surface area contributed by atoms with E-state index in [1.807, 2.05) is 0 Å². The maximum atomic E-state index is 5.88. The molecule has 1 aromatic carbocycles. The molecule has 0 aliphatic heterocycles. The predicted molar refractivity (Wildman–Crippen MR) is 64.8 cm³/mol. The smallest absolute Gasteiger partial charge is 0.000813 e. The summed E-state index contributed by atoms with van der Waals surface area (Å²) in [7, 11) is 0. The van der Waals surface area contributed by atoms with Crippen molar-refractivity contribution in [3.05, 3.63) is 35.9 Å². The molecule has 1 aromatic rings. The van der Waals surface area contributed by atoms with Crippen LogP contribution in [0.25, 0.3) is 0 Å². The largest absolute Gasteiger partial charge is 0.330 e. The highest BCUT2D eigenvalue weighted by atomic mass is 14.5. The second-order valence-corrected chi connectivity index (χ2v) is 4.73. The summed E-state index contributed by atoms with van der Waals surface area (Å²) in [6, 6.07) is 10.7. The molecule has 0 amide bonds. The fourth-order valence-corrected chi connectivity index (χ4v) is 2.74. The van der Waals surface area contributed by atoms with Gasteiger partial charge in [0.2, 0.25) is 0 Å². The zero-order valence-electron chi connectivity index (χ0n) is 9.36. The molecule has 1 saturated carbocycles. The van der Waals surface area contributed by atoms with Crippen LogP contribution in [0.15, 0.2) is 30.3 Å². The molecule has 1 fully saturated rings. The van der Waals surface area contributed by atoms with Crippen LogP contribution in [0.3, 0.4) is 0 Å². The van der Waals surface area contributed by atoms with Crippen molar-refractivity contribution in [2.24, 2.45) is 11.7 Å². The lowest BCUT2D eigenvalue weighted by Crippen LogP contribution is -2.15. The molecule has 0 heterocycles. The second kappa shape index (κ2) is 5.32. The summed E-state index contributed by atoms with van der Waals surface area (Å²) in [5.41, 5.74) is 7.31. The molecule has 1 atom stereocenters. The minimum Gasteiger partial charge on any atom is -0.330 e. The molecular formula is C14H21N. The molecule has 0 radical (unpaired) electrons. The van der Waals surface area contributed by atoms with Crippen molar-refractivity contribution in [3.8, 4) is 0 Å². The third kappa shape index (κ3) is 2.82. The lowest BCUT2D eigenvalue weighted by atomic mass is 9.88. The first-order valence-corrected chi connectivity index (χ1v) is 6.15. The van der Waals surface area contributed by atoms with Crippen LogP contribution in [-0.4, -0.2) is 6.54 Å². The Balaban J connectivity index is 1.97. The summed E-state index contributed by atoms with van der Waals surface area (Å²) in [6.45, 7) is 0.792. The molecule has 1 aliphatic carbocycles. The Morgan fingerprint density at radius 2 is 1.80 bits per heavy atom. The molecule has 1 aliphatic rings. The van der Waals surface area contributed by atoms with Crippen LogP contribution < -0.4 is 5.73 Å². The fraction of sp³-hybridized carbons (Fsp3) is 0.571. The van der Waals surface area contributed by atoms with Crippen molar-refractivity contribution in [2.45, 2.75) is 38.0 Å². The lowest BCUT2D eigenvalue weighted by Gasteiger charge is -2.19. The van der Waals surface area contributed by atoms with Gasteiger partial charge < -0.3 is 5.73 Å². The van der Waals surface area contributed by atoms with Crippen LogP contribution >= 0.6 is 0 Å². The molecule has 15 heavy (non-hydrogen) atoms. The molecule has 0 aromatic heterocycles. The van der Waals surface area contributed by atoms with Gasteiger partial charge in [-0.3, -0.25) is 0 Å². The topological polar surface area (TPSA) is 26.0 Å². The average molecular weight is 203 g/mol. The second-order valence-electron chi connectivity index (χ2n) is 4.73. The number of hydrogen-bond donors (Lipinski definition) is 1. The molecule has 2 rings (SSSR count). The summed E-state index contributed by atoms with van der Waals surface area (Å²) < 4.78 is 0. The van der Waals surface area contributed by atoms with E-state index >= 15 is 0 Å². The first kappa shape index (κ1) is 10.7. The van der Waals surface area contributed by atoms with E-state index in [0.29, 0.717) is 5.92 Å². The Labute approximate surface area is 92.7 Å². The Morgan fingerprint density at radius 1 is 1.13 bits per heavy atom. The van der Waals surface area contributed by atoms with E-state index in [4.69, 9.17) is 5.73 Å². The Morgan fingerprint density at radius 3 is 2.40 bits per heavy atom. The number of nitrogens with two attached hydrogens (primary N) is 1. The van der Waals surface area contributed by atoms with Gasteiger partial charge in [0.15, 0.2) is 0 Å². The van der Waals surface area contributed by atoms with E-state index < -0.39 is 0 Å². The number of hydrogen-bond acceptors (Lipinski definition) is 1. The SMILES string of the molecule is NCC(CC1CCCC1)c1ccccc1. The van der Waals surface area contributed by atoms with E-state index in [1.165, 1.54) is 37.7 Å². The van der Waals surface area contributed by atoms with Crippen molar-refractivity contribution >= 4 is 0 Å². The van der Waals surface area contributed by atoms with Crippen LogP contribution in [0, 0.1) is 5.92 Å². The monoisotopic (exact) mass is 203 g/mol. The average Bonchev–Trinajstić information content (AvgIpc) is 2.80. The van der Waals surface area contributed by atoms with Gasteiger partial charge >= 0.3 is 0 Å². The molecule has 0 spiro atoms. The normalized spacial score (nSPS) is 19.3. The van der Waals surface area contributed by atoms with Gasteiger partial charge in [0.25, 0.3) is 0 Å². The van der Waals surface area contributed by atoms with Crippen molar-refractivity contribution in [3.63, 3.8) is 0 Å². The minimum atomic E-state index is 0.578. The predicted octanol–water partition coefficient (Wildman–Crippen LogP) is 3.31. The van der Waals surface area contributed by atoms with Crippen molar-refractivity contribution < 1.29 is 0 Å². The molecular weight excluding hydrogens is 182 g/mol. The van der Waals surface area contributed by atoms with Crippen LogP contribution in [0.5, 0.6) is 0 Å². The summed E-state index contributed by atoms with van der Waals surface area (Å²) in [6.07, 6.45) is 6.99. The highest BCUT2D eigenvalue weighted by Gasteiger charge is 2.20. The quantitative estimate of drug-likeness (QED) is 0.798. The zero-order chi connectivity index (χ0) is 10.5. The van der Waals surface area contributed by atoms with E-state index in [1.54, 1.807) is 0 Å². The Kier molecular flexibility index (Phi) is 3.79. The first-order chi connectivity index (χ1) is 7.40. The van der Waals surface area contributed by atoms with Crippen LogP contribution in [0.4, 0.5) is 0 Å². The van der Waals surface area contributed by atoms with Crippen LogP contribution in [-0.2, 0) is 0 Å². The molecule has 2 N–H and O–H groups in total. The maximum Gasteiger partial charge on any atom is -0.000813 e. The van der Waals surface area contributed by atoms with Gasteiger partial charge in [-0.2, -0.15) is 0 Å². The number of rotatable bonds is 4. The standard InChI is InChI=1S/C14H21N/c15-11-14(10-12-6-4-5-7-12)13-8-2-1-3-9-13/h1-3,8-9,12,14H,4-7,10-11,15H2. The summed E-state index contributed by atoms with van der Waals surface area (Å²) in [5.74, 6) is 1.51. The highest BCUT2D eigenvalue weighted by molar-refractivity contribution is 5.19. The summed E-state index contributed by atoms with van der Waals surface area (Å²) in [5, 5.41) is 0. The molecule has 0 bridgehead atoms. The third-order valence-electron chi connectivity index (χ3n) is 3.65. The first-order valence-electron chi connectivity index (χ1n) is 6.15. The van der Waals surface area contributed by atoms with E-state index in [-0.39, 0.29) is 0 Å². The highest BCUT2D eigenvalue weighted by Crippen LogP contribution is 2.33.